The number of thioether (sulfide) groups is 1. The fraction of sp³-hybridized carbons (Fsp3) is 0.385. The van der Waals surface area contributed by atoms with Crippen LogP contribution in [0.1, 0.15) is 6.42 Å². The normalized spacial score (nSPS) is 10.5. The van der Waals surface area contributed by atoms with Crippen LogP contribution in [0.5, 0.6) is 11.5 Å². The van der Waals surface area contributed by atoms with Gasteiger partial charge in [-0.15, -0.1) is 5.10 Å². The molecule has 0 saturated heterocycles. The van der Waals surface area contributed by atoms with Gasteiger partial charge in [-0.2, -0.15) is 0 Å². The van der Waals surface area contributed by atoms with Gasteiger partial charge in [-0.25, -0.2) is 9.89 Å². The molecule has 0 saturated carbocycles. The maximum absolute atomic E-state index is 11.2. The quantitative estimate of drug-likeness (QED) is 0.621. The highest BCUT2D eigenvalue weighted by Gasteiger charge is 2.04. The van der Waals surface area contributed by atoms with E-state index in [1.165, 1.54) is 16.3 Å². The number of benzene rings is 1. The Morgan fingerprint density at radius 2 is 2.00 bits per heavy atom. The van der Waals surface area contributed by atoms with Gasteiger partial charge in [0.05, 0.1) is 13.7 Å². The van der Waals surface area contributed by atoms with E-state index in [0.29, 0.717) is 11.8 Å². The van der Waals surface area contributed by atoms with Crippen molar-refractivity contribution in [3.05, 3.63) is 34.7 Å². The fourth-order valence-electron chi connectivity index (χ4n) is 1.55. The lowest BCUT2D eigenvalue weighted by molar-refractivity contribution is 0.318. The second kappa shape index (κ2) is 7.04. The summed E-state index contributed by atoms with van der Waals surface area (Å²) in [5.41, 5.74) is -0.193. The molecule has 0 aliphatic heterocycles. The van der Waals surface area contributed by atoms with Gasteiger partial charge in [-0.05, 0) is 30.7 Å². The summed E-state index contributed by atoms with van der Waals surface area (Å²) in [6.07, 6.45) is 0.873. The second-order valence-corrected chi connectivity index (χ2v) is 5.16. The SMILES string of the molecule is COc1ccc(OCCCSc2n[nH]c(=O)n2C)cc1. The van der Waals surface area contributed by atoms with Crippen LogP contribution in [-0.2, 0) is 7.05 Å². The molecule has 0 aliphatic carbocycles. The van der Waals surface area contributed by atoms with Crippen LogP contribution in [0.2, 0.25) is 0 Å². The lowest BCUT2D eigenvalue weighted by Gasteiger charge is -2.06. The van der Waals surface area contributed by atoms with Crippen molar-refractivity contribution >= 4 is 11.8 Å². The molecule has 1 N–H and O–H groups in total. The van der Waals surface area contributed by atoms with Crippen LogP contribution < -0.4 is 15.2 Å². The Bertz CT molecular complexity index is 592. The molecule has 0 atom stereocenters. The molecule has 108 valence electrons. The van der Waals surface area contributed by atoms with E-state index in [2.05, 4.69) is 10.2 Å². The predicted octanol–water partition coefficient (Wildman–Crippen LogP) is 1.68. The van der Waals surface area contributed by atoms with E-state index in [1.807, 2.05) is 24.3 Å². The third kappa shape index (κ3) is 3.80. The molecular weight excluding hydrogens is 278 g/mol. The Morgan fingerprint density at radius 1 is 1.30 bits per heavy atom. The number of rotatable bonds is 7. The molecule has 2 aromatic rings. The molecule has 0 amide bonds. The molecule has 20 heavy (non-hydrogen) atoms. The van der Waals surface area contributed by atoms with E-state index in [0.717, 1.165) is 23.7 Å². The van der Waals surface area contributed by atoms with E-state index >= 15 is 0 Å². The van der Waals surface area contributed by atoms with E-state index < -0.39 is 0 Å². The second-order valence-electron chi connectivity index (χ2n) is 4.10. The zero-order chi connectivity index (χ0) is 14.4. The first-order valence-electron chi connectivity index (χ1n) is 6.22. The Hall–Kier alpha value is -1.89. The summed E-state index contributed by atoms with van der Waals surface area (Å²) in [5, 5.41) is 7.03. The largest absolute Gasteiger partial charge is 0.497 e. The summed E-state index contributed by atoms with van der Waals surface area (Å²) in [7, 11) is 3.33. The van der Waals surface area contributed by atoms with Crippen molar-refractivity contribution < 1.29 is 9.47 Å². The van der Waals surface area contributed by atoms with Crippen LogP contribution in [0, 0.1) is 0 Å². The van der Waals surface area contributed by atoms with Crippen molar-refractivity contribution in [1.29, 1.82) is 0 Å². The number of aromatic amines is 1. The van der Waals surface area contributed by atoms with E-state index in [-0.39, 0.29) is 5.69 Å². The van der Waals surface area contributed by atoms with Crippen molar-refractivity contribution in [2.24, 2.45) is 7.05 Å². The molecule has 0 aliphatic rings. The first-order chi connectivity index (χ1) is 9.70. The molecule has 0 fully saturated rings. The minimum atomic E-state index is -0.193. The molecule has 0 spiro atoms. The van der Waals surface area contributed by atoms with Crippen molar-refractivity contribution in [1.82, 2.24) is 14.8 Å². The lowest BCUT2D eigenvalue weighted by atomic mass is 10.3. The van der Waals surface area contributed by atoms with Crippen LogP contribution >= 0.6 is 11.8 Å². The molecular formula is C13H17N3O3S. The van der Waals surface area contributed by atoms with Crippen LogP contribution in [-0.4, -0.2) is 34.2 Å². The van der Waals surface area contributed by atoms with Gasteiger partial charge in [0.15, 0.2) is 5.16 Å². The van der Waals surface area contributed by atoms with Gasteiger partial charge in [0, 0.05) is 12.8 Å². The number of hydrogen-bond acceptors (Lipinski definition) is 5. The zero-order valence-corrected chi connectivity index (χ0v) is 12.3. The Kier molecular flexibility index (Phi) is 5.11. The Morgan fingerprint density at radius 3 is 2.60 bits per heavy atom. The third-order valence-electron chi connectivity index (χ3n) is 2.69. The van der Waals surface area contributed by atoms with Crippen molar-refractivity contribution in [3.8, 4) is 11.5 Å². The van der Waals surface area contributed by atoms with Gasteiger partial charge in [0.2, 0.25) is 0 Å². The van der Waals surface area contributed by atoms with E-state index in [4.69, 9.17) is 9.47 Å². The van der Waals surface area contributed by atoms with Gasteiger partial charge >= 0.3 is 5.69 Å². The zero-order valence-electron chi connectivity index (χ0n) is 11.5. The van der Waals surface area contributed by atoms with Gasteiger partial charge < -0.3 is 9.47 Å². The highest BCUT2D eigenvalue weighted by molar-refractivity contribution is 7.99. The standard InChI is InChI=1S/C13H17N3O3S/c1-16-12(17)14-15-13(16)20-9-3-8-19-11-6-4-10(18-2)5-7-11/h4-7H,3,8-9H2,1-2H3,(H,14,17). The first-order valence-corrected chi connectivity index (χ1v) is 7.20. The van der Waals surface area contributed by atoms with E-state index in [1.54, 1.807) is 14.2 Å². The third-order valence-corrected chi connectivity index (χ3v) is 3.80. The highest BCUT2D eigenvalue weighted by atomic mass is 32.2. The van der Waals surface area contributed by atoms with Crippen molar-refractivity contribution in [2.75, 3.05) is 19.5 Å². The van der Waals surface area contributed by atoms with Crippen LogP contribution in [0.15, 0.2) is 34.2 Å². The highest BCUT2D eigenvalue weighted by Crippen LogP contribution is 2.18. The number of H-pyrrole nitrogens is 1. The van der Waals surface area contributed by atoms with E-state index in [9.17, 15) is 4.79 Å². The smallest absolute Gasteiger partial charge is 0.343 e. The number of hydrogen-bond donors (Lipinski definition) is 1. The van der Waals surface area contributed by atoms with Gasteiger partial charge in [-0.3, -0.25) is 4.57 Å². The average molecular weight is 295 g/mol. The number of aromatic nitrogens is 3. The molecule has 7 heteroatoms. The Balaban J connectivity index is 1.68. The van der Waals surface area contributed by atoms with Crippen molar-refractivity contribution in [2.45, 2.75) is 11.6 Å². The summed E-state index contributed by atoms with van der Waals surface area (Å²) in [4.78, 5) is 11.2. The van der Waals surface area contributed by atoms with Gasteiger partial charge in [-0.1, -0.05) is 11.8 Å². The monoisotopic (exact) mass is 295 g/mol. The average Bonchev–Trinajstić information content (AvgIpc) is 2.79. The minimum absolute atomic E-state index is 0.193. The van der Waals surface area contributed by atoms with Crippen LogP contribution in [0.4, 0.5) is 0 Å². The summed E-state index contributed by atoms with van der Waals surface area (Å²) >= 11 is 1.53. The minimum Gasteiger partial charge on any atom is -0.497 e. The molecule has 0 unspecified atom stereocenters. The van der Waals surface area contributed by atoms with Crippen molar-refractivity contribution in [3.63, 3.8) is 0 Å². The molecule has 0 radical (unpaired) electrons. The molecule has 6 nitrogen and oxygen atoms in total. The molecule has 0 bridgehead atoms. The number of nitrogens with one attached hydrogen (secondary N) is 1. The fourth-order valence-corrected chi connectivity index (χ4v) is 2.38. The number of ether oxygens (including phenoxy) is 2. The Labute approximate surface area is 121 Å². The van der Waals surface area contributed by atoms with Gasteiger partial charge in [0.1, 0.15) is 11.5 Å². The predicted molar refractivity (Wildman–Crippen MR) is 77.7 cm³/mol. The summed E-state index contributed by atoms with van der Waals surface area (Å²) in [6.45, 7) is 0.623. The summed E-state index contributed by atoms with van der Waals surface area (Å²) in [5.74, 6) is 2.48. The molecule has 1 aromatic heterocycles. The lowest BCUT2D eigenvalue weighted by Crippen LogP contribution is -2.13. The van der Waals surface area contributed by atoms with Gasteiger partial charge in [0.25, 0.3) is 0 Å². The van der Waals surface area contributed by atoms with Crippen LogP contribution in [0.25, 0.3) is 0 Å². The summed E-state index contributed by atoms with van der Waals surface area (Å²) in [6, 6.07) is 7.49. The molecule has 2 rings (SSSR count). The van der Waals surface area contributed by atoms with Crippen LogP contribution in [0.3, 0.4) is 0 Å². The summed E-state index contributed by atoms with van der Waals surface area (Å²) < 4.78 is 12.2. The topological polar surface area (TPSA) is 69.1 Å². The molecule has 1 aromatic carbocycles. The maximum Gasteiger partial charge on any atom is 0.343 e. The molecule has 1 heterocycles. The number of nitrogens with zero attached hydrogens (tertiary/aromatic N) is 2. The first kappa shape index (κ1) is 14.5. The number of methoxy groups -OCH3 is 1. The maximum atomic E-state index is 11.2.